The van der Waals surface area contributed by atoms with Gasteiger partial charge in [-0.05, 0) is 17.7 Å². The van der Waals surface area contributed by atoms with Crippen molar-refractivity contribution in [1.82, 2.24) is 10.2 Å². The highest BCUT2D eigenvalue weighted by molar-refractivity contribution is 6.11. The van der Waals surface area contributed by atoms with Crippen molar-refractivity contribution in [1.29, 1.82) is 0 Å². The van der Waals surface area contributed by atoms with Crippen LogP contribution in [0.15, 0.2) is 59.8 Å². The zero-order valence-corrected chi connectivity index (χ0v) is 15.6. The van der Waals surface area contributed by atoms with Gasteiger partial charge in [0.05, 0.1) is 33.7 Å². The molecule has 4 rings (SSSR count). The summed E-state index contributed by atoms with van der Waals surface area (Å²) in [5.74, 6) is -0.387. The van der Waals surface area contributed by atoms with Crippen molar-refractivity contribution in [2.45, 2.75) is 6.04 Å². The predicted molar refractivity (Wildman–Crippen MR) is 105 cm³/mol. The summed E-state index contributed by atoms with van der Waals surface area (Å²) < 4.78 is 0. The molecule has 2 aliphatic rings. The SMILES string of the molecule is CN1C(=O)NC(c2cccc([N+](=O)[O-])c2)C2=C1CN(c1ccc([N+](=O)[O-])cc1)C2=O. The van der Waals surface area contributed by atoms with Gasteiger partial charge in [0.1, 0.15) is 0 Å². The lowest BCUT2D eigenvalue weighted by Crippen LogP contribution is -2.45. The van der Waals surface area contributed by atoms with Gasteiger partial charge in [0, 0.05) is 37.0 Å². The Kier molecular flexibility index (Phi) is 4.42. The molecule has 11 nitrogen and oxygen atoms in total. The monoisotopic (exact) mass is 409 g/mol. The molecule has 11 heteroatoms. The van der Waals surface area contributed by atoms with E-state index in [0.29, 0.717) is 22.5 Å². The first-order valence-electron chi connectivity index (χ1n) is 8.86. The van der Waals surface area contributed by atoms with E-state index in [9.17, 15) is 29.8 Å². The Morgan fingerprint density at radius 3 is 2.30 bits per heavy atom. The van der Waals surface area contributed by atoms with Crippen molar-refractivity contribution < 1.29 is 19.4 Å². The summed E-state index contributed by atoms with van der Waals surface area (Å²) in [6.07, 6.45) is 0. The molecule has 1 atom stereocenters. The fraction of sp³-hybridized carbons (Fsp3) is 0.158. The zero-order chi connectivity index (χ0) is 21.6. The van der Waals surface area contributed by atoms with Gasteiger partial charge in [0.15, 0.2) is 0 Å². The van der Waals surface area contributed by atoms with Gasteiger partial charge in [-0.1, -0.05) is 12.1 Å². The maximum absolute atomic E-state index is 13.2. The quantitative estimate of drug-likeness (QED) is 0.608. The molecule has 0 spiro atoms. The number of amides is 3. The Morgan fingerprint density at radius 1 is 1.00 bits per heavy atom. The maximum atomic E-state index is 13.2. The summed E-state index contributed by atoms with van der Waals surface area (Å²) in [4.78, 5) is 49.3. The third-order valence-electron chi connectivity index (χ3n) is 5.15. The molecule has 0 saturated carbocycles. The van der Waals surface area contributed by atoms with Crippen molar-refractivity contribution in [2.75, 3.05) is 18.5 Å². The minimum Gasteiger partial charge on any atom is -0.327 e. The number of carbonyl (C=O) groups is 2. The van der Waals surface area contributed by atoms with E-state index in [2.05, 4.69) is 5.32 Å². The van der Waals surface area contributed by atoms with Gasteiger partial charge in [-0.25, -0.2) is 4.79 Å². The molecule has 30 heavy (non-hydrogen) atoms. The Hall–Kier alpha value is -4.28. The number of benzene rings is 2. The smallest absolute Gasteiger partial charge is 0.322 e. The number of nitro benzene ring substituents is 2. The largest absolute Gasteiger partial charge is 0.327 e. The van der Waals surface area contributed by atoms with E-state index in [0.717, 1.165) is 0 Å². The second-order valence-electron chi connectivity index (χ2n) is 6.82. The van der Waals surface area contributed by atoms with Crippen LogP contribution in [0.1, 0.15) is 11.6 Å². The summed E-state index contributed by atoms with van der Waals surface area (Å²) in [5.41, 5.74) is 1.37. The molecule has 2 heterocycles. The molecule has 152 valence electrons. The molecule has 0 fully saturated rings. The van der Waals surface area contributed by atoms with Gasteiger partial charge in [-0.3, -0.25) is 29.9 Å². The van der Waals surface area contributed by atoms with Gasteiger partial charge in [-0.15, -0.1) is 0 Å². The summed E-state index contributed by atoms with van der Waals surface area (Å²) in [5, 5.41) is 24.7. The second kappa shape index (κ2) is 6.95. The van der Waals surface area contributed by atoms with Crippen LogP contribution in [0.2, 0.25) is 0 Å². The third kappa shape index (κ3) is 3.02. The van der Waals surface area contributed by atoms with E-state index in [-0.39, 0.29) is 23.8 Å². The highest BCUT2D eigenvalue weighted by Crippen LogP contribution is 2.38. The summed E-state index contributed by atoms with van der Waals surface area (Å²) in [7, 11) is 1.53. The van der Waals surface area contributed by atoms with Gasteiger partial charge < -0.3 is 10.2 Å². The molecule has 0 radical (unpaired) electrons. The Morgan fingerprint density at radius 2 is 1.67 bits per heavy atom. The highest BCUT2D eigenvalue weighted by atomic mass is 16.6. The molecule has 0 aromatic heterocycles. The summed E-state index contributed by atoms with van der Waals surface area (Å²) in [6, 6.07) is 9.98. The van der Waals surface area contributed by atoms with Crippen LogP contribution in [-0.4, -0.2) is 40.3 Å². The minimum atomic E-state index is -0.848. The minimum absolute atomic E-state index is 0.0985. The topological polar surface area (TPSA) is 139 Å². The summed E-state index contributed by atoms with van der Waals surface area (Å²) >= 11 is 0. The van der Waals surface area contributed by atoms with Crippen LogP contribution < -0.4 is 10.2 Å². The number of nitrogens with zero attached hydrogens (tertiary/aromatic N) is 4. The normalized spacial score (nSPS) is 18.4. The van der Waals surface area contributed by atoms with Crippen molar-refractivity contribution in [3.8, 4) is 0 Å². The Balaban J connectivity index is 1.73. The van der Waals surface area contributed by atoms with Crippen molar-refractivity contribution in [3.05, 3.63) is 85.6 Å². The molecule has 1 unspecified atom stereocenters. The number of nitrogens with one attached hydrogen (secondary N) is 1. The first-order valence-corrected chi connectivity index (χ1v) is 8.86. The molecular formula is C19H15N5O6. The lowest BCUT2D eigenvalue weighted by atomic mass is 9.95. The number of carbonyl (C=O) groups excluding carboxylic acids is 2. The molecular weight excluding hydrogens is 394 g/mol. The van der Waals surface area contributed by atoms with Crippen LogP contribution in [0, 0.1) is 20.2 Å². The third-order valence-corrected chi connectivity index (χ3v) is 5.15. The van der Waals surface area contributed by atoms with Crippen LogP contribution >= 0.6 is 0 Å². The first-order chi connectivity index (χ1) is 14.3. The van der Waals surface area contributed by atoms with E-state index < -0.39 is 21.9 Å². The average molecular weight is 409 g/mol. The summed E-state index contributed by atoms with van der Waals surface area (Å²) in [6.45, 7) is 0.0985. The molecule has 2 aromatic carbocycles. The lowest BCUT2D eigenvalue weighted by Gasteiger charge is -2.30. The van der Waals surface area contributed by atoms with Crippen LogP contribution in [0.3, 0.4) is 0 Å². The molecule has 3 amide bonds. The molecule has 0 bridgehead atoms. The number of urea groups is 1. The molecule has 1 N–H and O–H groups in total. The number of hydrogen-bond donors (Lipinski definition) is 1. The second-order valence-corrected chi connectivity index (χ2v) is 6.82. The zero-order valence-electron chi connectivity index (χ0n) is 15.6. The van der Waals surface area contributed by atoms with Crippen molar-refractivity contribution in [3.63, 3.8) is 0 Å². The van der Waals surface area contributed by atoms with Crippen LogP contribution in [0.25, 0.3) is 0 Å². The van der Waals surface area contributed by atoms with E-state index in [1.807, 2.05) is 0 Å². The molecule has 0 saturated heterocycles. The van der Waals surface area contributed by atoms with Crippen molar-refractivity contribution in [2.24, 2.45) is 0 Å². The Bertz CT molecular complexity index is 1130. The van der Waals surface area contributed by atoms with Gasteiger partial charge in [0.25, 0.3) is 17.3 Å². The number of hydrogen-bond acceptors (Lipinski definition) is 6. The standard InChI is InChI=1S/C19H15N5O6/c1-21-15-10-22(12-5-7-13(8-6-12)23(27)28)18(25)16(15)17(20-19(21)26)11-3-2-4-14(9-11)24(29)30/h2-9,17H,10H2,1H3,(H,20,26). The molecule has 2 aliphatic heterocycles. The maximum Gasteiger partial charge on any atom is 0.322 e. The van der Waals surface area contributed by atoms with E-state index in [1.54, 1.807) is 6.07 Å². The van der Waals surface area contributed by atoms with E-state index in [1.165, 1.54) is 59.3 Å². The van der Waals surface area contributed by atoms with Crippen LogP contribution in [0.4, 0.5) is 21.9 Å². The molecule has 2 aromatic rings. The van der Waals surface area contributed by atoms with E-state index >= 15 is 0 Å². The van der Waals surface area contributed by atoms with Crippen molar-refractivity contribution >= 4 is 29.0 Å². The number of non-ortho nitro benzene ring substituents is 2. The predicted octanol–water partition coefficient (Wildman–Crippen LogP) is 2.50. The van der Waals surface area contributed by atoms with Crippen LogP contribution in [0.5, 0.6) is 0 Å². The number of anilines is 1. The first kappa shape index (κ1) is 19.1. The fourth-order valence-corrected chi connectivity index (χ4v) is 3.60. The Labute approximate surface area is 169 Å². The number of likely N-dealkylation sites (N-methyl/N-ethyl adjacent to an activating group) is 1. The highest BCUT2D eigenvalue weighted by Gasteiger charge is 2.43. The van der Waals surface area contributed by atoms with Crippen LogP contribution in [-0.2, 0) is 4.79 Å². The van der Waals surface area contributed by atoms with Gasteiger partial charge >= 0.3 is 6.03 Å². The average Bonchev–Trinajstić information content (AvgIpc) is 3.08. The van der Waals surface area contributed by atoms with Gasteiger partial charge in [-0.2, -0.15) is 0 Å². The molecule has 0 aliphatic carbocycles. The fourth-order valence-electron chi connectivity index (χ4n) is 3.60. The van der Waals surface area contributed by atoms with E-state index in [4.69, 9.17) is 0 Å². The lowest BCUT2D eigenvalue weighted by molar-refractivity contribution is -0.385. The number of nitro groups is 2. The van der Waals surface area contributed by atoms with Gasteiger partial charge in [0.2, 0.25) is 0 Å². The number of rotatable bonds is 4.